The van der Waals surface area contributed by atoms with Crippen LogP contribution in [0.1, 0.15) is 213 Å². The number of carbonyl (C=O) groups excluding carboxylic acids is 1. The van der Waals surface area contributed by atoms with Gasteiger partial charge in [-0.05, 0) is 112 Å². The molecular formula is C46H86N2O. The highest BCUT2D eigenvalue weighted by atomic mass is 16.1. The quantitative estimate of drug-likeness (QED) is 0.0663. The molecule has 1 amide bonds. The van der Waals surface area contributed by atoms with Gasteiger partial charge in [-0.3, -0.25) is 4.79 Å². The molecular weight excluding hydrogens is 597 g/mol. The molecule has 4 aliphatic rings. The van der Waals surface area contributed by atoms with Crippen molar-refractivity contribution in [3.8, 4) is 0 Å². The summed E-state index contributed by atoms with van der Waals surface area (Å²) in [5.74, 6) is 9.70. The molecule has 286 valence electrons. The normalized spacial score (nSPS) is 29.5. The zero-order valence-corrected chi connectivity index (χ0v) is 33.6. The third-order valence-corrected chi connectivity index (χ3v) is 14.3. The Morgan fingerprint density at radius 3 is 1.18 bits per heavy atom. The number of unbranched alkanes of at least 4 members (excludes halogenated alkanes) is 14. The zero-order valence-electron chi connectivity index (χ0n) is 33.6. The first-order valence-electron chi connectivity index (χ1n) is 22.9. The number of rotatable bonds is 34. The van der Waals surface area contributed by atoms with E-state index in [1.165, 1.54) is 154 Å². The summed E-state index contributed by atoms with van der Waals surface area (Å²) in [6.45, 7) is 4.66. The third-order valence-electron chi connectivity index (χ3n) is 14.3. The molecule has 49 heavy (non-hydrogen) atoms. The summed E-state index contributed by atoms with van der Waals surface area (Å²) in [7, 11) is 3.86. The van der Waals surface area contributed by atoms with Crippen LogP contribution in [0.5, 0.6) is 0 Å². The average Bonchev–Trinajstić information content (AvgIpc) is 3.93. The van der Waals surface area contributed by atoms with E-state index in [-0.39, 0.29) is 5.91 Å². The Hall–Kier alpha value is -0.570. The van der Waals surface area contributed by atoms with Crippen molar-refractivity contribution >= 4 is 5.91 Å². The first-order valence-corrected chi connectivity index (χ1v) is 22.9. The monoisotopic (exact) mass is 683 g/mol. The number of amides is 1. The van der Waals surface area contributed by atoms with Crippen LogP contribution in [-0.4, -0.2) is 26.0 Å². The van der Waals surface area contributed by atoms with Crippen molar-refractivity contribution in [3.05, 3.63) is 0 Å². The number of hydrogen-bond acceptors (Lipinski definition) is 2. The lowest BCUT2D eigenvalue weighted by atomic mass is 9.86. The lowest BCUT2D eigenvalue weighted by Crippen LogP contribution is -2.38. The molecule has 3 heteroatoms. The summed E-state index contributed by atoms with van der Waals surface area (Å²) < 4.78 is 0. The fraction of sp³-hybridized carbons (Fsp3) is 0.978. The third kappa shape index (κ3) is 17.2. The van der Waals surface area contributed by atoms with Gasteiger partial charge in [0, 0.05) is 19.5 Å². The van der Waals surface area contributed by atoms with Crippen molar-refractivity contribution in [1.29, 1.82) is 0 Å². The van der Waals surface area contributed by atoms with Crippen LogP contribution >= 0.6 is 0 Å². The van der Waals surface area contributed by atoms with Crippen molar-refractivity contribution in [2.45, 2.75) is 219 Å². The van der Waals surface area contributed by atoms with E-state index in [2.05, 4.69) is 31.5 Å². The maximum Gasteiger partial charge on any atom is 0.221 e. The topological polar surface area (TPSA) is 41.1 Å². The van der Waals surface area contributed by atoms with Gasteiger partial charge in [-0.2, -0.15) is 0 Å². The smallest absolute Gasteiger partial charge is 0.221 e. The summed E-state index contributed by atoms with van der Waals surface area (Å²) in [6, 6.07) is 0.322. The maximum atomic E-state index is 12.3. The van der Waals surface area contributed by atoms with E-state index >= 15 is 0 Å². The summed E-state index contributed by atoms with van der Waals surface area (Å²) >= 11 is 0. The Kier molecular flexibility index (Phi) is 20.1. The second-order valence-corrected chi connectivity index (χ2v) is 18.4. The molecule has 4 saturated carbocycles. The van der Waals surface area contributed by atoms with E-state index in [1.807, 2.05) is 0 Å². The van der Waals surface area contributed by atoms with Gasteiger partial charge in [-0.1, -0.05) is 155 Å². The Morgan fingerprint density at radius 2 is 0.837 bits per heavy atom. The fourth-order valence-corrected chi connectivity index (χ4v) is 10.3. The Morgan fingerprint density at radius 1 is 0.490 bits per heavy atom. The largest absolute Gasteiger partial charge is 0.359 e. The van der Waals surface area contributed by atoms with Gasteiger partial charge in [-0.15, -0.1) is 0 Å². The van der Waals surface area contributed by atoms with Crippen LogP contribution in [0.25, 0.3) is 0 Å². The Labute approximate surface area is 306 Å². The first kappa shape index (κ1) is 41.2. The minimum atomic E-state index is 0.188. The predicted octanol–water partition coefficient (Wildman–Crippen LogP) is 13.1. The molecule has 0 heterocycles. The van der Waals surface area contributed by atoms with E-state index < -0.39 is 0 Å². The van der Waals surface area contributed by atoms with Crippen molar-refractivity contribution < 1.29 is 4.79 Å². The highest BCUT2D eigenvalue weighted by Gasteiger charge is 2.45. The van der Waals surface area contributed by atoms with Crippen molar-refractivity contribution in [2.24, 2.45) is 53.3 Å². The lowest BCUT2D eigenvalue weighted by Gasteiger charge is -2.27. The van der Waals surface area contributed by atoms with Crippen LogP contribution in [0, 0.1) is 53.3 Å². The molecule has 0 saturated heterocycles. The van der Waals surface area contributed by atoms with E-state index in [9.17, 15) is 4.79 Å². The minimum absolute atomic E-state index is 0.188. The van der Waals surface area contributed by atoms with Gasteiger partial charge in [0.2, 0.25) is 5.91 Å². The molecule has 0 bridgehead atoms. The SMILES string of the molecule is CCCCCC1CC1CC1CC1CCCCCCCCC(CCCCCCCCC1CC1CC1CC1CCCCC)C(CC(=O)NC)NC. The molecule has 0 radical (unpaired) electrons. The highest BCUT2D eigenvalue weighted by Crippen LogP contribution is 2.55. The van der Waals surface area contributed by atoms with Crippen LogP contribution < -0.4 is 10.6 Å². The van der Waals surface area contributed by atoms with Gasteiger partial charge in [0.1, 0.15) is 0 Å². The van der Waals surface area contributed by atoms with Crippen LogP contribution in [0.4, 0.5) is 0 Å². The van der Waals surface area contributed by atoms with Gasteiger partial charge in [0.05, 0.1) is 0 Å². The van der Waals surface area contributed by atoms with E-state index in [4.69, 9.17) is 0 Å². The fourth-order valence-electron chi connectivity index (χ4n) is 10.3. The molecule has 9 unspecified atom stereocenters. The molecule has 0 aromatic rings. The van der Waals surface area contributed by atoms with Gasteiger partial charge >= 0.3 is 0 Å². The van der Waals surface area contributed by atoms with E-state index in [0.29, 0.717) is 18.4 Å². The van der Waals surface area contributed by atoms with Crippen LogP contribution in [0.2, 0.25) is 0 Å². The summed E-state index contributed by atoms with van der Waals surface area (Å²) in [5.41, 5.74) is 0. The predicted molar refractivity (Wildman–Crippen MR) is 213 cm³/mol. The van der Waals surface area contributed by atoms with Gasteiger partial charge in [-0.25, -0.2) is 0 Å². The average molecular weight is 683 g/mol. The van der Waals surface area contributed by atoms with Crippen molar-refractivity contribution in [3.63, 3.8) is 0 Å². The Bertz CT molecular complexity index is 802. The van der Waals surface area contributed by atoms with Gasteiger partial charge < -0.3 is 10.6 Å². The maximum absolute atomic E-state index is 12.3. The van der Waals surface area contributed by atoms with E-state index in [1.54, 1.807) is 45.6 Å². The lowest BCUT2D eigenvalue weighted by molar-refractivity contribution is -0.121. The molecule has 0 aromatic carbocycles. The molecule has 0 aromatic heterocycles. The van der Waals surface area contributed by atoms with Crippen molar-refractivity contribution in [2.75, 3.05) is 14.1 Å². The zero-order chi connectivity index (χ0) is 34.7. The van der Waals surface area contributed by atoms with Crippen LogP contribution in [0.3, 0.4) is 0 Å². The summed E-state index contributed by atoms with van der Waals surface area (Å²) in [6.07, 6.45) is 44.3. The highest BCUT2D eigenvalue weighted by molar-refractivity contribution is 5.76. The molecule has 4 rings (SSSR count). The molecule has 4 fully saturated rings. The second kappa shape index (κ2) is 23.9. The van der Waals surface area contributed by atoms with Crippen molar-refractivity contribution in [1.82, 2.24) is 10.6 Å². The Balaban J connectivity index is 0.960. The standard InChI is InChI=1S/C46H86N2O/c1-5-7-17-25-37-29-41(37)33-43-31-39(43)27-21-15-11-9-13-19-23-36(45(47-3)35-46(49)48-4)24-20-14-10-12-16-22-28-40-32-44(40)34-42-30-38(42)26-18-8-6-2/h36-45,47H,5-35H2,1-4H3,(H,48,49). The van der Waals surface area contributed by atoms with Crippen LogP contribution in [-0.2, 0) is 4.79 Å². The molecule has 0 spiro atoms. The molecule has 2 N–H and O–H groups in total. The molecule has 3 nitrogen and oxygen atoms in total. The second-order valence-electron chi connectivity index (χ2n) is 18.4. The summed E-state index contributed by atoms with van der Waals surface area (Å²) in [5, 5.41) is 6.42. The number of carbonyl (C=O) groups is 1. The molecule has 9 atom stereocenters. The van der Waals surface area contributed by atoms with Gasteiger partial charge in [0.25, 0.3) is 0 Å². The van der Waals surface area contributed by atoms with E-state index in [0.717, 1.165) is 47.3 Å². The molecule has 4 aliphatic carbocycles. The first-order chi connectivity index (χ1) is 24.1. The summed E-state index contributed by atoms with van der Waals surface area (Å²) in [4.78, 5) is 12.3. The van der Waals surface area contributed by atoms with Gasteiger partial charge in [0.15, 0.2) is 0 Å². The van der Waals surface area contributed by atoms with Crippen LogP contribution in [0.15, 0.2) is 0 Å². The molecule has 0 aliphatic heterocycles. The number of nitrogens with one attached hydrogen (secondary N) is 2. The minimum Gasteiger partial charge on any atom is -0.359 e. The number of hydrogen-bond donors (Lipinski definition) is 2.